The number of carbonyl (C=O) groups excluding carboxylic acids is 1. The van der Waals surface area contributed by atoms with Crippen molar-refractivity contribution in [2.24, 2.45) is 5.92 Å². The summed E-state index contributed by atoms with van der Waals surface area (Å²) in [6.45, 7) is 5.41. The molecule has 1 aromatic carbocycles. The Morgan fingerprint density at radius 1 is 1.44 bits per heavy atom. The highest BCUT2D eigenvalue weighted by Gasteiger charge is 2.21. The average Bonchev–Trinajstić information content (AvgIpc) is 3.17. The number of aryl methyl sites for hydroxylation is 1. The molecule has 3 heteroatoms. The van der Waals surface area contributed by atoms with E-state index in [2.05, 4.69) is 48.7 Å². The summed E-state index contributed by atoms with van der Waals surface area (Å²) in [4.78, 5) is 11.6. The van der Waals surface area contributed by atoms with Gasteiger partial charge >= 0.3 is 0 Å². The van der Waals surface area contributed by atoms with E-state index in [1.165, 1.54) is 24.0 Å². The molecule has 2 rings (SSSR count). The Kier molecular flexibility index (Phi) is 4.37. The van der Waals surface area contributed by atoms with Crippen LogP contribution in [0.25, 0.3) is 0 Å². The van der Waals surface area contributed by atoms with E-state index >= 15 is 0 Å². The van der Waals surface area contributed by atoms with Crippen molar-refractivity contribution in [1.82, 2.24) is 10.6 Å². The Morgan fingerprint density at radius 2 is 2.22 bits per heavy atom. The number of carbonyl (C=O) groups is 1. The maximum absolute atomic E-state index is 11.6. The van der Waals surface area contributed by atoms with E-state index in [1.807, 2.05) is 0 Å². The van der Waals surface area contributed by atoms with E-state index < -0.39 is 0 Å². The van der Waals surface area contributed by atoms with Gasteiger partial charge in [0.15, 0.2) is 0 Å². The molecule has 0 radical (unpaired) electrons. The average molecular weight is 246 g/mol. The Labute approximate surface area is 109 Å². The van der Waals surface area contributed by atoms with Crippen LogP contribution in [-0.2, 0) is 4.79 Å². The zero-order valence-electron chi connectivity index (χ0n) is 11.2. The first-order valence-electron chi connectivity index (χ1n) is 6.72. The molecular weight excluding hydrogens is 224 g/mol. The summed E-state index contributed by atoms with van der Waals surface area (Å²) in [6.07, 6.45) is 2.54. The van der Waals surface area contributed by atoms with Crippen LogP contribution in [-0.4, -0.2) is 19.0 Å². The first kappa shape index (κ1) is 13.1. The number of hydrogen-bond acceptors (Lipinski definition) is 2. The predicted octanol–water partition coefficient (Wildman–Crippen LogP) is 2.17. The molecule has 0 unspecified atom stereocenters. The third kappa shape index (κ3) is 4.15. The van der Waals surface area contributed by atoms with Crippen LogP contribution in [0.1, 0.15) is 36.9 Å². The van der Waals surface area contributed by atoms with E-state index in [4.69, 9.17) is 0 Å². The molecule has 0 saturated heterocycles. The third-order valence-corrected chi connectivity index (χ3v) is 3.40. The molecular formula is C15H22N2O. The molecule has 0 spiro atoms. The van der Waals surface area contributed by atoms with Crippen molar-refractivity contribution in [3.63, 3.8) is 0 Å². The van der Waals surface area contributed by atoms with Gasteiger partial charge in [-0.2, -0.15) is 0 Å². The van der Waals surface area contributed by atoms with Crippen LogP contribution in [0.5, 0.6) is 0 Å². The molecule has 1 aromatic rings. The molecule has 1 aliphatic rings. The van der Waals surface area contributed by atoms with E-state index in [9.17, 15) is 4.79 Å². The molecule has 18 heavy (non-hydrogen) atoms. The van der Waals surface area contributed by atoms with E-state index in [0.717, 1.165) is 12.5 Å². The second-order valence-electron chi connectivity index (χ2n) is 5.26. The molecule has 0 bridgehead atoms. The number of benzene rings is 1. The summed E-state index contributed by atoms with van der Waals surface area (Å²) in [5.41, 5.74) is 2.48. The smallest absolute Gasteiger partial charge is 0.233 e. The molecule has 2 N–H and O–H groups in total. The van der Waals surface area contributed by atoms with Gasteiger partial charge in [0.2, 0.25) is 5.91 Å². The lowest BCUT2D eigenvalue weighted by Crippen LogP contribution is -2.36. The van der Waals surface area contributed by atoms with Crippen LogP contribution < -0.4 is 10.6 Å². The number of rotatable bonds is 6. The maximum Gasteiger partial charge on any atom is 0.233 e. The topological polar surface area (TPSA) is 41.1 Å². The Balaban J connectivity index is 1.73. The van der Waals surface area contributed by atoms with Gasteiger partial charge in [0.25, 0.3) is 0 Å². The van der Waals surface area contributed by atoms with Crippen LogP contribution in [0.15, 0.2) is 24.3 Å². The molecule has 1 amide bonds. The maximum atomic E-state index is 11.6. The summed E-state index contributed by atoms with van der Waals surface area (Å²) < 4.78 is 0. The largest absolute Gasteiger partial charge is 0.355 e. The van der Waals surface area contributed by atoms with Gasteiger partial charge in [0, 0.05) is 12.6 Å². The van der Waals surface area contributed by atoms with Gasteiger partial charge in [-0.1, -0.05) is 29.8 Å². The molecule has 0 aromatic heterocycles. The van der Waals surface area contributed by atoms with Gasteiger partial charge in [-0.25, -0.2) is 0 Å². The minimum Gasteiger partial charge on any atom is -0.355 e. The van der Waals surface area contributed by atoms with Crippen LogP contribution in [0.4, 0.5) is 0 Å². The van der Waals surface area contributed by atoms with Gasteiger partial charge in [-0.05, 0) is 38.2 Å². The van der Waals surface area contributed by atoms with Gasteiger partial charge in [0.05, 0.1) is 6.54 Å². The van der Waals surface area contributed by atoms with Gasteiger partial charge in [-0.3, -0.25) is 4.79 Å². The van der Waals surface area contributed by atoms with Crippen molar-refractivity contribution in [3.05, 3.63) is 35.4 Å². The molecule has 98 valence electrons. The third-order valence-electron chi connectivity index (χ3n) is 3.40. The zero-order valence-corrected chi connectivity index (χ0v) is 11.2. The molecule has 3 nitrogen and oxygen atoms in total. The monoisotopic (exact) mass is 246 g/mol. The first-order valence-corrected chi connectivity index (χ1v) is 6.72. The summed E-state index contributed by atoms with van der Waals surface area (Å²) in [5, 5.41) is 6.22. The van der Waals surface area contributed by atoms with E-state index in [-0.39, 0.29) is 11.9 Å². The Hall–Kier alpha value is -1.35. The molecule has 1 atom stereocenters. The fraction of sp³-hybridized carbons (Fsp3) is 0.533. The second kappa shape index (κ2) is 6.01. The summed E-state index contributed by atoms with van der Waals surface area (Å²) in [5.74, 6) is 0.838. The van der Waals surface area contributed by atoms with Crippen LogP contribution in [0.2, 0.25) is 0 Å². The molecule has 0 aliphatic heterocycles. The van der Waals surface area contributed by atoms with Gasteiger partial charge < -0.3 is 10.6 Å². The van der Waals surface area contributed by atoms with Crippen molar-refractivity contribution in [3.8, 4) is 0 Å². The minimum absolute atomic E-state index is 0.0985. The highest BCUT2D eigenvalue weighted by atomic mass is 16.1. The number of hydrogen-bond donors (Lipinski definition) is 2. The van der Waals surface area contributed by atoms with Crippen molar-refractivity contribution < 1.29 is 4.79 Å². The quantitative estimate of drug-likeness (QED) is 0.807. The van der Waals surface area contributed by atoms with Crippen LogP contribution in [0, 0.1) is 12.8 Å². The SMILES string of the molecule is Cc1cccc([C@H](C)NCC(=O)NCC2CC2)c1. The molecule has 1 aliphatic carbocycles. The summed E-state index contributed by atoms with van der Waals surface area (Å²) in [6, 6.07) is 8.58. The lowest BCUT2D eigenvalue weighted by molar-refractivity contribution is -0.120. The van der Waals surface area contributed by atoms with E-state index in [1.54, 1.807) is 0 Å². The normalized spacial score (nSPS) is 16.3. The van der Waals surface area contributed by atoms with Crippen molar-refractivity contribution in [2.75, 3.05) is 13.1 Å². The Bertz CT molecular complexity index is 413. The highest BCUT2D eigenvalue weighted by molar-refractivity contribution is 5.78. The van der Waals surface area contributed by atoms with Gasteiger partial charge in [-0.15, -0.1) is 0 Å². The highest BCUT2D eigenvalue weighted by Crippen LogP contribution is 2.27. The molecule has 1 saturated carbocycles. The van der Waals surface area contributed by atoms with Crippen molar-refractivity contribution in [2.45, 2.75) is 32.7 Å². The van der Waals surface area contributed by atoms with E-state index in [0.29, 0.717) is 6.54 Å². The number of amides is 1. The molecule has 1 fully saturated rings. The summed E-state index contributed by atoms with van der Waals surface area (Å²) in [7, 11) is 0. The zero-order chi connectivity index (χ0) is 13.0. The Morgan fingerprint density at radius 3 is 2.89 bits per heavy atom. The fourth-order valence-electron chi connectivity index (χ4n) is 1.95. The van der Waals surface area contributed by atoms with Crippen molar-refractivity contribution >= 4 is 5.91 Å². The fourth-order valence-corrected chi connectivity index (χ4v) is 1.95. The number of nitrogens with one attached hydrogen (secondary N) is 2. The van der Waals surface area contributed by atoms with Gasteiger partial charge in [0.1, 0.15) is 0 Å². The summed E-state index contributed by atoms with van der Waals surface area (Å²) >= 11 is 0. The second-order valence-corrected chi connectivity index (χ2v) is 5.26. The van der Waals surface area contributed by atoms with Crippen molar-refractivity contribution in [1.29, 1.82) is 0 Å². The van der Waals surface area contributed by atoms with Crippen LogP contribution >= 0.6 is 0 Å². The minimum atomic E-state index is 0.0985. The lowest BCUT2D eigenvalue weighted by Gasteiger charge is -2.14. The lowest BCUT2D eigenvalue weighted by atomic mass is 10.1. The standard InChI is InChI=1S/C15H22N2O/c1-11-4-3-5-14(8-11)12(2)16-10-15(18)17-9-13-6-7-13/h3-5,8,12-13,16H,6-7,9-10H2,1-2H3,(H,17,18)/t12-/m0/s1. The molecule has 0 heterocycles. The first-order chi connectivity index (χ1) is 8.65. The predicted molar refractivity (Wildman–Crippen MR) is 73.3 cm³/mol. The van der Waals surface area contributed by atoms with Crippen LogP contribution in [0.3, 0.4) is 0 Å².